The van der Waals surface area contributed by atoms with Crippen molar-refractivity contribution in [3.05, 3.63) is 59.9 Å². The first kappa shape index (κ1) is 21.0. The van der Waals surface area contributed by atoms with Crippen LogP contribution in [0.1, 0.15) is 5.56 Å². The Morgan fingerprint density at radius 3 is 1.28 bits per heavy atom. The van der Waals surface area contributed by atoms with Gasteiger partial charge in [-0.15, -0.1) is 0 Å². The summed E-state index contributed by atoms with van der Waals surface area (Å²) in [7, 11) is -8.62. The Kier molecular flexibility index (Phi) is 6.28. The van der Waals surface area contributed by atoms with E-state index in [1.54, 1.807) is 0 Å². The van der Waals surface area contributed by atoms with Gasteiger partial charge in [-0.2, -0.15) is 30.0 Å². The minimum absolute atomic E-state index is 0.307. The molecule has 0 atom stereocenters. The zero-order valence-corrected chi connectivity index (χ0v) is 13.6. The van der Waals surface area contributed by atoms with Crippen LogP contribution in [-0.2, 0) is 26.4 Å². The third-order valence-corrected chi connectivity index (χ3v) is 4.33. The standard InChI is InChI=1S/C7H5F3O3S.C6H5FO3S/c8-7(9,10)5-1-3-6(4-2-5)14(11,12)13;7-5-1-3-6(4-2-5)11(8,9)10/h1-4H,(H,11,12,13);1-4H,(H,8,9,10). The number of rotatable bonds is 2. The molecule has 25 heavy (non-hydrogen) atoms. The first-order valence-corrected chi connectivity index (χ1v) is 8.97. The molecule has 2 N–H and O–H groups in total. The highest BCUT2D eigenvalue weighted by Gasteiger charge is 2.30. The van der Waals surface area contributed by atoms with Gasteiger partial charge in [-0.25, -0.2) is 4.39 Å². The van der Waals surface area contributed by atoms with E-state index in [0.717, 1.165) is 24.3 Å². The Balaban J connectivity index is 0.000000257. The van der Waals surface area contributed by atoms with Crippen molar-refractivity contribution in [2.45, 2.75) is 16.0 Å². The molecule has 0 amide bonds. The second-order valence-electron chi connectivity index (χ2n) is 4.43. The van der Waals surface area contributed by atoms with E-state index in [-0.39, 0.29) is 4.90 Å². The second-order valence-corrected chi connectivity index (χ2v) is 7.27. The zero-order valence-electron chi connectivity index (χ0n) is 12.0. The van der Waals surface area contributed by atoms with Crippen LogP contribution in [-0.4, -0.2) is 25.9 Å². The smallest absolute Gasteiger partial charge is 0.282 e. The summed E-state index contributed by atoms with van der Waals surface area (Å²) in [5.74, 6) is -0.544. The van der Waals surface area contributed by atoms with Gasteiger partial charge in [0.15, 0.2) is 0 Å². The molecule has 2 aromatic carbocycles. The van der Waals surface area contributed by atoms with Crippen LogP contribution in [0.25, 0.3) is 0 Å². The molecule has 0 aliphatic rings. The fourth-order valence-corrected chi connectivity index (χ4v) is 2.38. The lowest BCUT2D eigenvalue weighted by atomic mass is 10.2. The molecule has 0 heterocycles. The summed E-state index contributed by atoms with van der Waals surface area (Å²) in [6.07, 6.45) is -4.52. The number of hydrogen-bond acceptors (Lipinski definition) is 4. The molecule has 0 unspecified atom stereocenters. The van der Waals surface area contributed by atoms with Crippen LogP contribution in [0.5, 0.6) is 0 Å². The molecule has 0 saturated carbocycles. The van der Waals surface area contributed by atoms with E-state index in [9.17, 15) is 34.4 Å². The summed E-state index contributed by atoms with van der Waals surface area (Å²) in [6, 6.07) is 6.46. The number of alkyl halides is 3. The molecule has 138 valence electrons. The summed E-state index contributed by atoms with van der Waals surface area (Å²) in [5.41, 5.74) is -0.968. The normalized spacial score (nSPS) is 12.2. The highest BCUT2D eigenvalue weighted by atomic mass is 32.2. The first-order chi connectivity index (χ1) is 11.2. The highest BCUT2D eigenvalue weighted by molar-refractivity contribution is 7.86. The summed E-state index contributed by atoms with van der Waals surface area (Å²) >= 11 is 0. The van der Waals surface area contributed by atoms with Crippen LogP contribution in [0.4, 0.5) is 17.6 Å². The molecule has 0 saturated heterocycles. The number of halogens is 4. The zero-order chi connectivity index (χ0) is 19.5. The van der Waals surface area contributed by atoms with Gasteiger partial charge in [0, 0.05) is 0 Å². The van der Waals surface area contributed by atoms with Crippen molar-refractivity contribution in [1.82, 2.24) is 0 Å². The Morgan fingerprint density at radius 1 is 0.680 bits per heavy atom. The maximum absolute atomic E-state index is 12.2. The lowest BCUT2D eigenvalue weighted by Crippen LogP contribution is -2.05. The average Bonchev–Trinajstić information content (AvgIpc) is 2.46. The molecule has 0 aliphatic carbocycles. The van der Waals surface area contributed by atoms with E-state index in [1.165, 1.54) is 0 Å². The topological polar surface area (TPSA) is 109 Å². The molecule has 0 fully saturated rings. The SMILES string of the molecule is O=S(=O)(O)c1ccc(C(F)(F)F)cc1.O=S(=O)(O)c1ccc(F)cc1. The maximum Gasteiger partial charge on any atom is 0.416 e. The molecule has 6 nitrogen and oxygen atoms in total. The van der Waals surface area contributed by atoms with Crippen LogP contribution in [0.15, 0.2) is 58.3 Å². The van der Waals surface area contributed by atoms with Gasteiger partial charge in [-0.3, -0.25) is 9.11 Å². The summed E-state index contributed by atoms with van der Waals surface area (Å²) in [6.45, 7) is 0. The summed E-state index contributed by atoms with van der Waals surface area (Å²) in [4.78, 5) is -0.871. The van der Waals surface area contributed by atoms with E-state index < -0.39 is 42.7 Å². The van der Waals surface area contributed by atoms with Crippen LogP contribution in [0.2, 0.25) is 0 Å². The Morgan fingerprint density at radius 2 is 1.00 bits per heavy atom. The predicted octanol–water partition coefficient (Wildman–Crippen LogP) is 3.02. The minimum atomic E-state index is -4.52. The van der Waals surface area contributed by atoms with Crippen LogP contribution < -0.4 is 0 Å². The van der Waals surface area contributed by atoms with Gasteiger partial charge < -0.3 is 0 Å². The average molecular weight is 402 g/mol. The van der Waals surface area contributed by atoms with Crippen molar-refractivity contribution in [2.75, 3.05) is 0 Å². The monoisotopic (exact) mass is 402 g/mol. The highest BCUT2D eigenvalue weighted by Crippen LogP contribution is 2.29. The molecule has 2 aromatic rings. The molecular weight excluding hydrogens is 392 g/mol. The number of hydrogen-bond donors (Lipinski definition) is 2. The second kappa shape index (κ2) is 7.47. The molecule has 0 bridgehead atoms. The fourth-order valence-electron chi connectivity index (χ4n) is 1.42. The van der Waals surface area contributed by atoms with Crippen molar-refractivity contribution < 1.29 is 43.5 Å². The maximum atomic E-state index is 12.2. The third kappa shape index (κ3) is 6.78. The van der Waals surface area contributed by atoms with E-state index >= 15 is 0 Å². The molecule has 2 rings (SSSR count). The molecular formula is C13H10F4O6S2. The molecule has 0 radical (unpaired) electrons. The van der Waals surface area contributed by atoms with Crippen molar-refractivity contribution in [1.29, 1.82) is 0 Å². The van der Waals surface area contributed by atoms with Crippen LogP contribution in [0.3, 0.4) is 0 Å². The first-order valence-electron chi connectivity index (χ1n) is 6.09. The van der Waals surface area contributed by atoms with Gasteiger partial charge in [0.25, 0.3) is 20.2 Å². The fraction of sp³-hybridized carbons (Fsp3) is 0.0769. The largest absolute Gasteiger partial charge is 0.416 e. The molecule has 0 aliphatic heterocycles. The molecule has 12 heteroatoms. The quantitative estimate of drug-likeness (QED) is 0.590. The van der Waals surface area contributed by atoms with Gasteiger partial charge in [0.05, 0.1) is 15.4 Å². The van der Waals surface area contributed by atoms with Crippen LogP contribution in [0, 0.1) is 5.82 Å². The Bertz CT molecular complexity index is 918. The van der Waals surface area contributed by atoms with E-state index in [0.29, 0.717) is 24.3 Å². The molecule has 0 aromatic heterocycles. The Labute approximate surface area is 140 Å². The lowest BCUT2D eigenvalue weighted by Gasteiger charge is -2.05. The molecule has 0 spiro atoms. The van der Waals surface area contributed by atoms with Gasteiger partial charge in [0.2, 0.25) is 0 Å². The van der Waals surface area contributed by atoms with Gasteiger partial charge >= 0.3 is 6.18 Å². The van der Waals surface area contributed by atoms with Crippen molar-refractivity contribution in [3.63, 3.8) is 0 Å². The minimum Gasteiger partial charge on any atom is -0.282 e. The van der Waals surface area contributed by atoms with Crippen molar-refractivity contribution in [3.8, 4) is 0 Å². The van der Waals surface area contributed by atoms with Crippen LogP contribution >= 0.6 is 0 Å². The van der Waals surface area contributed by atoms with Gasteiger partial charge in [0.1, 0.15) is 5.82 Å². The lowest BCUT2D eigenvalue weighted by molar-refractivity contribution is -0.137. The van der Waals surface area contributed by atoms with Crippen molar-refractivity contribution >= 4 is 20.2 Å². The van der Waals surface area contributed by atoms with Gasteiger partial charge in [-0.05, 0) is 48.5 Å². The summed E-state index contributed by atoms with van der Waals surface area (Å²) < 4.78 is 107. The van der Waals surface area contributed by atoms with E-state index in [1.807, 2.05) is 0 Å². The van der Waals surface area contributed by atoms with Gasteiger partial charge in [-0.1, -0.05) is 0 Å². The predicted molar refractivity (Wildman–Crippen MR) is 77.5 cm³/mol. The van der Waals surface area contributed by atoms with Crippen molar-refractivity contribution in [2.24, 2.45) is 0 Å². The third-order valence-electron chi connectivity index (χ3n) is 2.59. The summed E-state index contributed by atoms with van der Waals surface area (Å²) in [5, 5.41) is 0. The van der Waals surface area contributed by atoms with E-state index in [2.05, 4.69) is 0 Å². The van der Waals surface area contributed by atoms with E-state index in [4.69, 9.17) is 9.11 Å². The Hall–Kier alpha value is -2.02. The number of benzene rings is 2.